The van der Waals surface area contributed by atoms with E-state index in [9.17, 15) is 10.2 Å². The van der Waals surface area contributed by atoms with Crippen molar-refractivity contribution in [3.63, 3.8) is 0 Å². The zero-order chi connectivity index (χ0) is 8.72. The molecule has 0 amide bonds. The monoisotopic (exact) mass is 228 g/mol. The van der Waals surface area contributed by atoms with E-state index in [4.69, 9.17) is 0 Å². The Labute approximate surface area is 79.0 Å². The third kappa shape index (κ3) is 1.18. The van der Waals surface area contributed by atoms with E-state index < -0.39 is 12.2 Å². The molecule has 0 spiro atoms. The van der Waals surface area contributed by atoms with Crippen molar-refractivity contribution in [2.75, 3.05) is 0 Å². The van der Waals surface area contributed by atoms with Crippen LogP contribution in [-0.4, -0.2) is 16.3 Å². The van der Waals surface area contributed by atoms with Crippen LogP contribution in [0.15, 0.2) is 22.7 Å². The molecule has 2 atom stereocenters. The number of rotatable bonds is 0. The molecule has 0 saturated carbocycles. The van der Waals surface area contributed by atoms with E-state index in [1.54, 1.807) is 0 Å². The standard InChI is InChI=1S/C9H9BrO2/c10-6-2-1-5-3-8(11)9(12)7(5)4-6/h1-2,4,8-9,11-12H,3H2/t8-,9+/m1/s1. The SMILES string of the molecule is O[C@@H]1Cc2ccc(Br)cc2[C@@H]1O. The molecule has 0 aliphatic heterocycles. The second-order valence-electron chi connectivity index (χ2n) is 3.06. The first-order valence-corrected chi connectivity index (χ1v) is 4.62. The number of benzene rings is 1. The molecule has 0 unspecified atom stereocenters. The first kappa shape index (κ1) is 8.23. The van der Waals surface area contributed by atoms with Gasteiger partial charge in [0.05, 0.1) is 6.10 Å². The molecule has 2 nitrogen and oxygen atoms in total. The number of hydrogen-bond acceptors (Lipinski definition) is 2. The van der Waals surface area contributed by atoms with Crippen LogP contribution in [-0.2, 0) is 6.42 Å². The molecule has 0 saturated heterocycles. The van der Waals surface area contributed by atoms with Crippen molar-refractivity contribution < 1.29 is 10.2 Å². The summed E-state index contributed by atoms with van der Waals surface area (Å²) in [5.74, 6) is 0. The molecule has 3 heteroatoms. The molecule has 1 aromatic carbocycles. The Kier molecular flexibility index (Phi) is 1.94. The zero-order valence-electron chi connectivity index (χ0n) is 6.37. The Bertz CT molecular complexity index is 311. The Morgan fingerprint density at radius 2 is 2.08 bits per heavy atom. The molecule has 0 heterocycles. The third-order valence-electron chi connectivity index (χ3n) is 2.22. The van der Waals surface area contributed by atoms with Gasteiger partial charge in [-0.05, 0) is 23.3 Å². The fourth-order valence-corrected chi connectivity index (χ4v) is 1.95. The second-order valence-corrected chi connectivity index (χ2v) is 3.98. The predicted molar refractivity (Wildman–Crippen MR) is 48.8 cm³/mol. The summed E-state index contributed by atoms with van der Waals surface area (Å²) in [5, 5.41) is 18.8. The van der Waals surface area contributed by atoms with Crippen LogP contribution in [0.3, 0.4) is 0 Å². The summed E-state index contributed by atoms with van der Waals surface area (Å²) < 4.78 is 0.939. The lowest BCUT2D eigenvalue weighted by molar-refractivity contribution is 0.0326. The fraction of sp³-hybridized carbons (Fsp3) is 0.333. The lowest BCUT2D eigenvalue weighted by Crippen LogP contribution is -2.11. The van der Waals surface area contributed by atoms with Gasteiger partial charge in [-0.2, -0.15) is 0 Å². The maximum absolute atomic E-state index is 9.50. The largest absolute Gasteiger partial charge is 0.390 e. The number of halogens is 1. The fourth-order valence-electron chi connectivity index (χ4n) is 1.57. The summed E-state index contributed by atoms with van der Waals surface area (Å²) in [6, 6.07) is 5.71. The van der Waals surface area contributed by atoms with Crippen LogP contribution in [0.4, 0.5) is 0 Å². The third-order valence-corrected chi connectivity index (χ3v) is 2.71. The van der Waals surface area contributed by atoms with Gasteiger partial charge in [0.15, 0.2) is 0 Å². The molecule has 0 fully saturated rings. The number of hydrogen-bond donors (Lipinski definition) is 2. The normalized spacial score (nSPS) is 27.2. The average Bonchev–Trinajstić information content (AvgIpc) is 2.31. The molecule has 0 radical (unpaired) electrons. The highest BCUT2D eigenvalue weighted by atomic mass is 79.9. The zero-order valence-corrected chi connectivity index (χ0v) is 7.95. The molecular weight excluding hydrogens is 220 g/mol. The van der Waals surface area contributed by atoms with Gasteiger partial charge in [-0.15, -0.1) is 0 Å². The van der Waals surface area contributed by atoms with Gasteiger partial charge >= 0.3 is 0 Å². The molecule has 64 valence electrons. The Balaban J connectivity index is 2.48. The predicted octanol–water partition coefficient (Wildman–Crippen LogP) is 1.40. The van der Waals surface area contributed by atoms with Crippen LogP contribution in [0.5, 0.6) is 0 Å². The van der Waals surface area contributed by atoms with E-state index in [1.165, 1.54) is 0 Å². The van der Waals surface area contributed by atoms with Crippen molar-refractivity contribution in [1.82, 2.24) is 0 Å². The first-order valence-electron chi connectivity index (χ1n) is 3.83. The molecule has 1 aliphatic carbocycles. The number of fused-ring (bicyclic) bond motifs is 1. The molecular formula is C9H9BrO2. The first-order chi connectivity index (χ1) is 5.68. The van der Waals surface area contributed by atoms with Crippen molar-refractivity contribution in [2.24, 2.45) is 0 Å². The van der Waals surface area contributed by atoms with E-state index in [-0.39, 0.29) is 0 Å². The minimum absolute atomic E-state index is 0.559. The van der Waals surface area contributed by atoms with Crippen LogP contribution in [0.1, 0.15) is 17.2 Å². The maximum atomic E-state index is 9.50. The highest BCUT2D eigenvalue weighted by molar-refractivity contribution is 9.10. The lowest BCUT2D eigenvalue weighted by Gasteiger charge is -2.07. The maximum Gasteiger partial charge on any atom is 0.105 e. The van der Waals surface area contributed by atoms with Gasteiger partial charge in [-0.25, -0.2) is 0 Å². The molecule has 2 N–H and O–H groups in total. The Morgan fingerprint density at radius 3 is 2.83 bits per heavy atom. The van der Waals surface area contributed by atoms with Crippen LogP contribution in [0.2, 0.25) is 0 Å². The summed E-state index contributed by atoms with van der Waals surface area (Å²) in [4.78, 5) is 0. The smallest absolute Gasteiger partial charge is 0.105 e. The van der Waals surface area contributed by atoms with Crippen molar-refractivity contribution in [1.29, 1.82) is 0 Å². The Hall–Kier alpha value is -0.380. The highest BCUT2D eigenvalue weighted by Gasteiger charge is 2.28. The summed E-state index contributed by atoms with van der Waals surface area (Å²) in [7, 11) is 0. The molecule has 1 aliphatic rings. The van der Waals surface area contributed by atoms with Crippen LogP contribution in [0.25, 0.3) is 0 Å². The van der Waals surface area contributed by atoms with Gasteiger partial charge in [-0.3, -0.25) is 0 Å². The van der Waals surface area contributed by atoms with Crippen LogP contribution >= 0.6 is 15.9 Å². The summed E-state index contributed by atoms with van der Waals surface area (Å²) in [6.45, 7) is 0. The second kappa shape index (κ2) is 2.83. The van der Waals surface area contributed by atoms with Crippen molar-refractivity contribution >= 4 is 15.9 Å². The molecule has 1 aromatic rings. The van der Waals surface area contributed by atoms with Gasteiger partial charge in [-0.1, -0.05) is 22.0 Å². The van der Waals surface area contributed by atoms with Gasteiger partial charge < -0.3 is 10.2 Å². The lowest BCUT2D eigenvalue weighted by atomic mass is 10.1. The van der Waals surface area contributed by atoms with E-state index in [0.29, 0.717) is 6.42 Å². The van der Waals surface area contributed by atoms with Crippen LogP contribution in [0, 0.1) is 0 Å². The summed E-state index contributed by atoms with van der Waals surface area (Å²) in [5.41, 5.74) is 1.88. The minimum Gasteiger partial charge on any atom is -0.390 e. The van der Waals surface area contributed by atoms with Crippen LogP contribution < -0.4 is 0 Å². The number of aliphatic hydroxyl groups is 2. The number of aliphatic hydroxyl groups excluding tert-OH is 2. The van der Waals surface area contributed by atoms with Crippen molar-refractivity contribution in [3.8, 4) is 0 Å². The Morgan fingerprint density at radius 1 is 1.33 bits per heavy atom. The molecule has 0 aromatic heterocycles. The van der Waals surface area contributed by atoms with E-state index in [0.717, 1.165) is 15.6 Å². The van der Waals surface area contributed by atoms with E-state index in [2.05, 4.69) is 15.9 Å². The molecule has 0 bridgehead atoms. The van der Waals surface area contributed by atoms with E-state index >= 15 is 0 Å². The summed E-state index contributed by atoms with van der Waals surface area (Å²) in [6.07, 6.45) is -0.782. The highest BCUT2D eigenvalue weighted by Crippen LogP contribution is 2.32. The van der Waals surface area contributed by atoms with Crippen molar-refractivity contribution in [3.05, 3.63) is 33.8 Å². The van der Waals surface area contributed by atoms with E-state index in [1.807, 2.05) is 18.2 Å². The van der Waals surface area contributed by atoms with Gasteiger partial charge in [0.1, 0.15) is 6.10 Å². The van der Waals surface area contributed by atoms with Crippen molar-refractivity contribution in [2.45, 2.75) is 18.6 Å². The average molecular weight is 229 g/mol. The minimum atomic E-state index is -0.711. The van der Waals surface area contributed by atoms with Gasteiger partial charge in [0.25, 0.3) is 0 Å². The topological polar surface area (TPSA) is 40.5 Å². The molecule has 12 heavy (non-hydrogen) atoms. The quantitative estimate of drug-likeness (QED) is 0.705. The molecule has 2 rings (SSSR count). The van der Waals surface area contributed by atoms with Gasteiger partial charge in [0.2, 0.25) is 0 Å². The summed E-state index contributed by atoms with van der Waals surface area (Å²) >= 11 is 3.32. The van der Waals surface area contributed by atoms with Gasteiger partial charge in [0, 0.05) is 10.9 Å².